The molecule has 3 aliphatic heterocycles. The monoisotopic (exact) mass is 356 g/mol. The highest BCUT2D eigenvalue weighted by atomic mass is 16.8. The van der Waals surface area contributed by atoms with Gasteiger partial charge in [0.25, 0.3) is 0 Å². The fraction of sp³-hybridized carbons (Fsp3) is 0.429. The van der Waals surface area contributed by atoms with E-state index in [4.69, 9.17) is 18.9 Å². The summed E-state index contributed by atoms with van der Waals surface area (Å²) in [4.78, 5) is 0. The Bertz CT molecular complexity index is 750. The Hall–Kier alpha value is -1.92. The number of ether oxygens (including phenoxy) is 4. The van der Waals surface area contributed by atoms with Crippen LogP contribution in [0.1, 0.15) is 25.0 Å². The van der Waals surface area contributed by atoms with Gasteiger partial charge >= 0.3 is 0 Å². The molecule has 0 aromatic heterocycles. The molecule has 3 heterocycles. The summed E-state index contributed by atoms with van der Waals surface area (Å²) in [5.74, 6) is 0.733. The minimum atomic E-state index is -1.08. The van der Waals surface area contributed by atoms with Crippen LogP contribution in [-0.4, -0.2) is 43.1 Å². The molecule has 0 saturated carbocycles. The zero-order chi connectivity index (χ0) is 18.2. The lowest BCUT2D eigenvalue weighted by Gasteiger charge is -2.36. The zero-order valence-corrected chi connectivity index (χ0v) is 15.1. The number of rotatable bonds is 4. The van der Waals surface area contributed by atoms with Gasteiger partial charge in [-0.25, -0.2) is 0 Å². The molecule has 2 aromatic carbocycles. The quantitative estimate of drug-likeness (QED) is 0.913. The molecular weight excluding hydrogens is 332 g/mol. The van der Waals surface area contributed by atoms with Gasteiger partial charge in [0.1, 0.15) is 5.75 Å². The van der Waals surface area contributed by atoms with Crippen molar-refractivity contribution in [3.8, 4) is 5.75 Å². The lowest BCUT2D eigenvalue weighted by Crippen LogP contribution is -2.52. The molecule has 138 valence electrons. The van der Waals surface area contributed by atoms with Crippen molar-refractivity contribution in [3.63, 3.8) is 0 Å². The van der Waals surface area contributed by atoms with E-state index in [0.717, 1.165) is 11.3 Å². The average molecular weight is 356 g/mol. The summed E-state index contributed by atoms with van der Waals surface area (Å²) in [7, 11) is 0. The Balaban J connectivity index is 1.59. The number of aliphatic hydroxyl groups is 1. The molecule has 5 nitrogen and oxygen atoms in total. The summed E-state index contributed by atoms with van der Waals surface area (Å²) in [6, 6.07) is 18.5. The van der Waals surface area contributed by atoms with Gasteiger partial charge in [-0.1, -0.05) is 56.3 Å². The lowest BCUT2D eigenvalue weighted by molar-refractivity contribution is -0.272. The molecule has 0 spiro atoms. The second kappa shape index (κ2) is 6.67. The van der Waals surface area contributed by atoms with Crippen LogP contribution in [0.4, 0.5) is 0 Å². The first-order chi connectivity index (χ1) is 12.5. The third-order valence-corrected chi connectivity index (χ3v) is 5.16. The van der Waals surface area contributed by atoms with Crippen molar-refractivity contribution in [2.75, 3.05) is 19.8 Å². The van der Waals surface area contributed by atoms with Gasteiger partial charge in [-0.15, -0.1) is 0 Å². The Morgan fingerprint density at radius 3 is 2.31 bits per heavy atom. The molecule has 1 atom stereocenters. The molecule has 0 unspecified atom stereocenters. The topological polar surface area (TPSA) is 57.2 Å². The molecule has 0 aliphatic carbocycles. The van der Waals surface area contributed by atoms with Crippen LogP contribution in [0.2, 0.25) is 0 Å². The van der Waals surface area contributed by atoms with Crippen molar-refractivity contribution in [3.05, 3.63) is 65.7 Å². The van der Waals surface area contributed by atoms with Crippen molar-refractivity contribution in [1.29, 1.82) is 0 Å². The number of fused-ring (bicyclic) bond motifs is 4. The summed E-state index contributed by atoms with van der Waals surface area (Å²) in [6.45, 7) is 5.25. The van der Waals surface area contributed by atoms with Gasteiger partial charge < -0.3 is 24.1 Å². The number of hydrogen-bond acceptors (Lipinski definition) is 5. The average Bonchev–Trinajstić information content (AvgIpc) is 2.91. The molecular formula is C21H24O5. The second-order valence-electron chi connectivity index (χ2n) is 7.50. The smallest absolute Gasteiger partial charge is 0.209 e. The predicted octanol–water partition coefficient (Wildman–Crippen LogP) is 2.85. The molecule has 0 amide bonds. The SMILES string of the molecule is CC(C)(c1ccccc1)c1cccc(OC23COC(OC2)[C@H](O)OC3)c1. The Morgan fingerprint density at radius 1 is 0.923 bits per heavy atom. The maximum atomic E-state index is 9.81. The fourth-order valence-corrected chi connectivity index (χ4v) is 3.43. The van der Waals surface area contributed by atoms with Crippen molar-refractivity contribution in [1.82, 2.24) is 0 Å². The van der Waals surface area contributed by atoms with Crippen LogP contribution in [0.25, 0.3) is 0 Å². The van der Waals surface area contributed by atoms with E-state index in [1.54, 1.807) is 0 Å². The van der Waals surface area contributed by atoms with Crippen molar-refractivity contribution < 1.29 is 24.1 Å². The van der Waals surface area contributed by atoms with Gasteiger partial charge in [0.2, 0.25) is 12.6 Å². The number of benzene rings is 2. The van der Waals surface area contributed by atoms with E-state index < -0.39 is 18.2 Å². The van der Waals surface area contributed by atoms with Gasteiger partial charge in [0.15, 0.2) is 5.60 Å². The van der Waals surface area contributed by atoms with E-state index in [-0.39, 0.29) is 12.0 Å². The molecule has 5 heteroatoms. The molecule has 3 aliphatic rings. The van der Waals surface area contributed by atoms with Gasteiger partial charge in [-0.05, 0) is 23.3 Å². The molecule has 0 radical (unpaired) electrons. The molecule has 3 fully saturated rings. The van der Waals surface area contributed by atoms with E-state index in [0.29, 0.717) is 13.2 Å². The zero-order valence-electron chi connectivity index (χ0n) is 15.1. The highest BCUT2D eigenvalue weighted by Crippen LogP contribution is 2.35. The fourth-order valence-electron chi connectivity index (χ4n) is 3.43. The highest BCUT2D eigenvalue weighted by molar-refractivity contribution is 5.41. The molecule has 2 bridgehead atoms. The first kappa shape index (κ1) is 17.5. The van der Waals surface area contributed by atoms with Crippen LogP contribution >= 0.6 is 0 Å². The molecule has 26 heavy (non-hydrogen) atoms. The van der Waals surface area contributed by atoms with E-state index >= 15 is 0 Å². The first-order valence-corrected chi connectivity index (χ1v) is 8.87. The van der Waals surface area contributed by atoms with Gasteiger partial charge in [-0.2, -0.15) is 0 Å². The van der Waals surface area contributed by atoms with Crippen LogP contribution in [0.3, 0.4) is 0 Å². The molecule has 5 rings (SSSR count). The second-order valence-corrected chi connectivity index (χ2v) is 7.50. The van der Waals surface area contributed by atoms with E-state index in [9.17, 15) is 5.11 Å². The summed E-state index contributed by atoms with van der Waals surface area (Å²) >= 11 is 0. The lowest BCUT2D eigenvalue weighted by atomic mass is 9.78. The first-order valence-electron chi connectivity index (χ1n) is 8.87. The molecule has 3 saturated heterocycles. The standard InChI is InChI=1S/C21H24O5/c1-20(2,15-7-4-3-5-8-15)16-9-6-10-17(11-16)26-21-12-23-18(22)19(24-13-21)25-14-21/h3-11,18-19,22H,12-14H2,1-2H3/t18-,19?,21?/m1/s1. The molecule has 1 N–H and O–H groups in total. The Labute approximate surface area is 153 Å². The number of aliphatic hydroxyl groups excluding tert-OH is 1. The Morgan fingerprint density at radius 2 is 1.58 bits per heavy atom. The minimum absolute atomic E-state index is 0.154. The normalized spacial score (nSPS) is 28.6. The summed E-state index contributed by atoms with van der Waals surface area (Å²) in [5.41, 5.74) is 1.49. The van der Waals surface area contributed by atoms with Crippen LogP contribution < -0.4 is 4.74 Å². The van der Waals surface area contributed by atoms with E-state index in [1.807, 2.05) is 18.2 Å². The van der Waals surface area contributed by atoms with E-state index in [1.165, 1.54) is 5.56 Å². The highest BCUT2D eigenvalue weighted by Gasteiger charge is 2.46. The molecule has 2 aromatic rings. The van der Waals surface area contributed by atoms with Gasteiger partial charge in [0.05, 0.1) is 19.8 Å². The summed E-state index contributed by atoms with van der Waals surface area (Å²) in [5, 5.41) is 9.81. The van der Waals surface area contributed by atoms with E-state index in [2.05, 4.69) is 50.2 Å². The van der Waals surface area contributed by atoms with Crippen LogP contribution in [0, 0.1) is 0 Å². The number of hydrogen-bond donors (Lipinski definition) is 1. The summed E-state index contributed by atoms with van der Waals surface area (Å²) in [6.07, 6.45) is -1.82. The van der Waals surface area contributed by atoms with Crippen molar-refractivity contribution in [2.45, 2.75) is 37.4 Å². The maximum absolute atomic E-state index is 9.81. The Kier molecular flexibility index (Phi) is 4.49. The van der Waals surface area contributed by atoms with Crippen molar-refractivity contribution in [2.24, 2.45) is 0 Å². The maximum Gasteiger partial charge on any atom is 0.209 e. The predicted molar refractivity (Wildman–Crippen MR) is 96.0 cm³/mol. The van der Waals surface area contributed by atoms with Gasteiger partial charge in [0, 0.05) is 5.41 Å². The third-order valence-electron chi connectivity index (χ3n) is 5.16. The van der Waals surface area contributed by atoms with Gasteiger partial charge in [-0.3, -0.25) is 0 Å². The van der Waals surface area contributed by atoms with Crippen LogP contribution in [-0.2, 0) is 19.6 Å². The van der Waals surface area contributed by atoms with Crippen LogP contribution in [0.5, 0.6) is 5.75 Å². The minimum Gasteiger partial charge on any atom is -0.480 e. The third kappa shape index (κ3) is 3.23. The van der Waals surface area contributed by atoms with Crippen LogP contribution in [0.15, 0.2) is 54.6 Å². The summed E-state index contributed by atoms with van der Waals surface area (Å²) < 4.78 is 22.7. The van der Waals surface area contributed by atoms with Crippen molar-refractivity contribution >= 4 is 0 Å². The largest absolute Gasteiger partial charge is 0.480 e.